The van der Waals surface area contributed by atoms with Crippen LogP contribution >= 0.6 is 0 Å². The number of hydrogen-bond acceptors (Lipinski definition) is 0. The quantitative estimate of drug-likeness (QED) is 0.208. The van der Waals surface area contributed by atoms with E-state index in [2.05, 4.69) is 41.9 Å². The lowest BCUT2D eigenvalue weighted by molar-refractivity contribution is -0.870. The molecule has 0 aromatic heterocycles. The van der Waals surface area contributed by atoms with Gasteiger partial charge in [-0.2, -0.15) is 0 Å². The molecule has 23 heavy (non-hydrogen) atoms. The highest BCUT2D eigenvalue weighted by Gasteiger charge is 2.18. The van der Waals surface area contributed by atoms with Crippen LogP contribution in [0.4, 0.5) is 0 Å². The van der Waals surface area contributed by atoms with E-state index < -0.39 is 0 Å². The maximum atomic E-state index is 2.47. The van der Waals surface area contributed by atoms with Crippen LogP contribution in [0.15, 0.2) is 0 Å². The van der Waals surface area contributed by atoms with Crippen molar-refractivity contribution in [3.8, 4) is 0 Å². The van der Waals surface area contributed by atoms with Crippen LogP contribution in [0.25, 0.3) is 0 Å². The molecule has 0 aliphatic heterocycles. The summed E-state index contributed by atoms with van der Waals surface area (Å²) in [6, 6.07) is 0. The standard InChI is InChI=1S/C22H48N/c1-7-22(3,8-2)20-18-16-14-12-10-9-11-13-15-17-19-21-23(4,5)6/h7-21H2,1-6H3/q+1. The Morgan fingerprint density at radius 1 is 0.565 bits per heavy atom. The Morgan fingerprint density at radius 2 is 0.913 bits per heavy atom. The van der Waals surface area contributed by atoms with Crippen LogP contribution in [0.5, 0.6) is 0 Å². The van der Waals surface area contributed by atoms with Gasteiger partial charge in [0.05, 0.1) is 27.7 Å². The molecule has 0 amide bonds. The molecule has 0 fully saturated rings. The second-order valence-corrected chi connectivity index (χ2v) is 9.17. The summed E-state index contributed by atoms with van der Waals surface area (Å²) in [7, 11) is 6.89. The van der Waals surface area contributed by atoms with Crippen molar-refractivity contribution < 1.29 is 4.48 Å². The molecule has 1 heteroatoms. The van der Waals surface area contributed by atoms with Crippen LogP contribution in [-0.4, -0.2) is 32.2 Å². The van der Waals surface area contributed by atoms with Crippen molar-refractivity contribution in [3.05, 3.63) is 0 Å². The predicted octanol–water partition coefficient (Wildman–Crippen LogP) is 7.20. The third-order valence-electron chi connectivity index (χ3n) is 5.82. The molecule has 0 bridgehead atoms. The third-order valence-corrected chi connectivity index (χ3v) is 5.82. The largest absolute Gasteiger partial charge is 0.331 e. The Balaban J connectivity index is 3.22. The fourth-order valence-electron chi connectivity index (χ4n) is 3.33. The van der Waals surface area contributed by atoms with Gasteiger partial charge in [-0.1, -0.05) is 91.4 Å². The Bertz CT molecular complexity index is 247. The summed E-state index contributed by atoms with van der Waals surface area (Å²) in [6.07, 6.45) is 20.1. The van der Waals surface area contributed by atoms with E-state index in [9.17, 15) is 0 Å². The summed E-state index contributed by atoms with van der Waals surface area (Å²) in [6.45, 7) is 8.50. The fraction of sp³-hybridized carbons (Fsp3) is 1.00. The first-order chi connectivity index (χ1) is 10.8. The molecule has 0 atom stereocenters. The Labute approximate surface area is 148 Å². The maximum absolute atomic E-state index is 2.47. The topological polar surface area (TPSA) is 0 Å². The van der Waals surface area contributed by atoms with E-state index >= 15 is 0 Å². The van der Waals surface area contributed by atoms with Crippen molar-refractivity contribution in [1.82, 2.24) is 0 Å². The molecule has 0 saturated carbocycles. The molecule has 0 aliphatic carbocycles. The van der Waals surface area contributed by atoms with E-state index in [-0.39, 0.29) is 0 Å². The van der Waals surface area contributed by atoms with Gasteiger partial charge in [-0.3, -0.25) is 0 Å². The van der Waals surface area contributed by atoms with Crippen molar-refractivity contribution in [1.29, 1.82) is 0 Å². The van der Waals surface area contributed by atoms with Gasteiger partial charge in [-0.25, -0.2) is 0 Å². The number of hydrogen-bond donors (Lipinski definition) is 0. The molecule has 0 saturated heterocycles. The fourth-order valence-corrected chi connectivity index (χ4v) is 3.33. The minimum Gasteiger partial charge on any atom is -0.331 e. The van der Waals surface area contributed by atoms with Gasteiger partial charge >= 0.3 is 0 Å². The van der Waals surface area contributed by atoms with E-state index in [1.54, 1.807) is 0 Å². The van der Waals surface area contributed by atoms with Crippen LogP contribution in [0, 0.1) is 5.41 Å². The van der Waals surface area contributed by atoms with Crippen molar-refractivity contribution >= 4 is 0 Å². The Morgan fingerprint density at radius 3 is 1.26 bits per heavy atom. The van der Waals surface area contributed by atoms with Gasteiger partial charge in [0.15, 0.2) is 0 Å². The Kier molecular flexibility index (Phi) is 13.3. The molecule has 0 aromatic carbocycles. The third kappa shape index (κ3) is 15.2. The number of quaternary nitrogens is 1. The molecular weight excluding hydrogens is 278 g/mol. The van der Waals surface area contributed by atoms with Gasteiger partial charge in [0.25, 0.3) is 0 Å². The smallest absolute Gasteiger partial charge is 0.0780 e. The lowest BCUT2D eigenvalue weighted by Crippen LogP contribution is -2.35. The number of rotatable bonds is 16. The van der Waals surface area contributed by atoms with Crippen molar-refractivity contribution in [2.45, 2.75) is 111 Å². The van der Waals surface area contributed by atoms with Crippen LogP contribution in [0.2, 0.25) is 0 Å². The minimum absolute atomic E-state index is 0.617. The molecule has 1 nitrogen and oxygen atoms in total. The summed E-state index contributed by atoms with van der Waals surface area (Å²) in [4.78, 5) is 0. The maximum Gasteiger partial charge on any atom is 0.0780 e. The van der Waals surface area contributed by atoms with Gasteiger partial charge in [-0.05, 0) is 24.7 Å². The van der Waals surface area contributed by atoms with Gasteiger partial charge < -0.3 is 4.48 Å². The van der Waals surface area contributed by atoms with Crippen LogP contribution in [0.3, 0.4) is 0 Å². The molecule has 0 unspecified atom stereocenters. The van der Waals surface area contributed by atoms with E-state index in [4.69, 9.17) is 0 Å². The Hall–Kier alpha value is -0.0400. The lowest BCUT2D eigenvalue weighted by atomic mass is 9.80. The zero-order valence-corrected chi connectivity index (χ0v) is 17.6. The summed E-state index contributed by atoms with van der Waals surface area (Å²) < 4.78 is 1.12. The monoisotopic (exact) mass is 326 g/mol. The first-order valence-electron chi connectivity index (χ1n) is 10.6. The SMILES string of the molecule is CCC(C)(CC)CCCCCCCCCCCCC[N+](C)(C)C. The van der Waals surface area contributed by atoms with Crippen LogP contribution in [-0.2, 0) is 0 Å². The van der Waals surface area contributed by atoms with Gasteiger partial charge in [-0.15, -0.1) is 0 Å². The van der Waals surface area contributed by atoms with E-state index in [1.165, 1.54) is 96.4 Å². The van der Waals surface area contributed by atoms with Crippen LogP contribution < -0.4 is 0 Å². The number of unbranched alkanes of at least 4 members (excludes halogenated alkanes) is 10. The second-order valence-electron chi connectivity index (χ2n) is 9.17. The normalized spacial score (nSPS) is 12.8. The molecule has 0 heterocycles. The minimum atomic E-state index is 0.617. The van der Waals surface area contributed by atoms with Crippen molar-refractivity contribution in [2.24, 2.45) is 5.41 Å². The highest BCUT2D eigenvalue weighted by molar-refractivity contribution is 4.70. The summed E-state index contributed by atoms with van der Waals surface area (Å²) in [5, 5.41) is 0. The van der Waals surface area contributed by atoms with Gasteiger partial charge in [0, 0.05) is 0 Å². The summed E-state index contributed by atoms with van der Waals surface area (Å²) >= 11 is 0. The second kappa shape index (κ2) is 13.3. The number of nitrogens with zero attached hydrogens (tertiary/aromatic N) is 1. The zero-order valence-electron chi connectivity index (χ0n) is 17.6. The van der Waals surface area contributed by atoms with E-state index in [0.29, 0.717) is 5.41 Å². The molecule has 0 spiro atoms. The first-order valence-corrected chi connectivity index (χ1v) is 10.6. The lowest BCUT2D eigenvalue weighted by Gasteiger charge is -2.26. The molecular formula is C22H48N+. The molecule has 0 rings (SSSR count). The molecule has 0 radical (unpaired) electrons. The van der Waals surface area contributed by atoms with E-state index in [0.717, 1.165) is 4.48 Å². The molecule has 0 N–H and O–H groups in total. The molecule has 0 aliphatic rings. The molecule has 0 aromatic rings. The van der Waals surface area contributed by atoms with Gasteiger partial charge in [0.2, 0.25) is 0 Å². The summed E-state index contributed by atoms with van der Waals surface area (Å²) in [5.41, 5.74) is 0.617. The van der Waals surface area contributed by atoms with E-state index in [1.807, 2.05) is 0 Å². The van der Waals surface area contributed by atoms with Gasteiger partial charge in [0.1, 0.15) is 0 Å². The van der Waals surface area contributed by atoms with Crippen molar-refractivity contribution in [2.75, 3.05) is 27.7 Å². The molecule has 140 valence electrons. The van der Waals surface area contributed by atoms with Crippen LogP contribution in [0.1, 0.15) is 111 Å². The van der Waals surface area contributed by atoms with Crippen molar-refractivity contribution in [3.63, 3.8) is 0 Å². The summed E-state index contributed by atoms with van der Waals surface area (Å²) in [5.74, 6) is 0. The zero-order chi connectivity index (χ0) is 17.6. The average Bonchev–Trinajstić information content (AvgIpc) is 2.50. The predicted molar refractivity (Wildman–Crippen MR) is 107 cm³/mol. The highest BCUT2D eigenvalue weighted by atomic mass is 15.3. The average molecular weight is 327 g/mol. The highest BCUT2D eigenvalue weighted by Crippen LogP contribution is 2.31. The first kappa shape index (κ1) is 23.0.